The number of hydrogen-bond acceptors (Lipinski definition) is 4. The lowest BCUT2D eigenvalue weighted by atomic mass is 10.0. The molecule has 7 nitrogen and oxygen atoms in total. The van der Waals surface area contributed by atoms with Gasteiger partial charge in [0.05, 0.1) is 4.92 Å². The number of aryl methyl sites for hydroxylation is 1. The van der Waals surface area contributed by atoms with Gasteiger partial charge in [0.1, 0.15) is 6.04 Å². The number of nitrogens with one attached hydrogen (secondary N) is 1. The van der Waals surface area contributed by atoms with Crippen LogP contribution < -0.4 is 5.32 Å². The van der Waals surface area contributed by atoms with Crippen molar-refractivity contribution in [2.24, 2.45) is 5.92 Å². The van der Waals surface area contributed by atoms with Crippen LogP contribution in [0.25, 0.3) is 0 Å². The minimum absolute atomic E-state index is 0.0823. The molecule has 120 valence electrons. The maximum absolute atomic E-state index is 12.1. The van der Waals surface area contributed by atoms with Crippen LogP contribution in [0.4, 0.5) is 5.69 Å². The third-order valence-electron chi connectivity index (χ3n) is 3.24. The Morgan fingerprint density at radius 1 is 1.36 bits per heavy atom. The number of carbonyl (C=O) groups is 2. The molecule has 2 N–H and O–H groups in total. The molecule has 1 amide bonds. The Kier molecular flexibility index (Phi) is 6.03. The zero-order chi connectivity index (χ0) is 16.9. The molecular formula is C15H20N2O5. The number of amides is 1. The molecule has 1 aromatic rings. The van der Waals surface area contributed by atoms with Crippen LogP contribution in [-0.2, 0) is 11.2 Å². The van der Waals surface area contributed by atoms with Crippen LogP contribution in [0.1, 0.15) is 43.1 Å². The van der Waals surface area contributed by atoms with Gasteiger partial charge in [-0.3, -0.25) is 14.9 Å². The van der Waals surface area contributed by atoms with E-state index in [2.05, 4.69) is 5.32 Å². The van der Waals surface area contributed by atoms with Gasteiger partial charge < -0.3 is 10.4 Å². The van der Waals surface area contributed by atoms with Crippen molar-refractivity contribution >= 4 is 17.6 Å². The van der Waals surface area contributed by atoms with Crippen LogP contribution in [0.5, 0.6) is 0 Å². The van der Waals surface area contributed by atoms with Crippen LogP contribution in [0.2, 0.25) is 0 Å². The van der Waals surface area contributed by atoms with Crippen molar-refractivity contribution in [2.45, 2.75) is 39.7 Å². The minimum atomic E-state index is -1.12. The summed E-state index contributed by atoms with van der Waals surface area (Å²) in [4.78, 5) is 33.7. The van der Waals surface area contributed by atoms with E-state index in [1.54, 1.807) is 6.92 Å². The molecule has 7 heteroatoms. The number of carboxylic acid groups (broad SMARTS) is 1. The molecule has 22 heavy (non-hydrogen) atoms. The average molecular weight is 308 g/mol. The van der Waals surface area contributed by atoms with Crippen molar-refractivity contribution < 1.29 is 19.6 Å². The van der Waals surface area contributed by atoms with Gasteiger partial charge in [-0.2, -0.15) is 0 Å². The monoisotopic (exact) mass is 308 g/mol. The van der Waals surface area contributed by atoms with Crippen LogP contribution >= 0.6 is 0 Å². The van der Waals surface area contributed by atoms with Crippen molar-refractivity contribution in [3.05, 3.63) is 39.4 Å². The summed E-state index contributed by atoms with van der Waals surface area (Å²) in [6.07, 6.45) is 0.763. The lowest BCUT2D eigenvalue weighted by Gasteiger charge is -2.16. The number of benzene rings is 1. The number of nitro groups is 1. The van der Waals surface area contributed by atoms with E-state index in [1.807, 2.05) is 13.8 Å². The van der Waals surface area contributed by atoms with E-state index in [4.69, 9.17) is 5.11 Å². The molecule has 1 rings (SSSR count). The van der Waals surface area contributed by atoms with Gasteiger partial charge in [0, 0.05) is 17.2 Å². The second-order valence-corrected chi connectivity index (χ2v) is 5.45. The fourth-order valence-electron chi connectivity index (χ4n) is 2.11. The molecule has 0 spiro atoms. The number of rotatable bonds is 7. The number of hydrogen-bond donors (Lipinski definition) is 2. The summed E-state index contributed by atoms with van der Waals surface area (Å²) in [5.41, 5.74) is 0.475. The zero-order valence-corrected chi connectivity index (χ0v) is 12.8. The third-order valence-corrected chi connectivity index (χ3v) is 3.24. The average Bonchev–Trinajstić information content (AvgIpc) is 2.44. The van der Waals surface area contributed by atoms with E-state index < -0.39 is 22.8 Å². The largest absolute Gasteiger partial charge is 0.480 e. The predicted octanol–water partition coefficient (Wildman–Crippen LogP) is 2.39. The van der Waals surface area contributed by atoms with Gasteiger partial charge in [-0.1, -0.05) is 26.8 Å². The molecule has 1 aromatic carbocycles. The Hall–Kier alpha value is -2.44. The summed E-state index contributed by atoms with van der Waals surface area (Å²) in [6.45, 7) is 5.48. The second kappa shape index (κ2) is 7.53. The summed E-state index contributed by atoms with van der Waals surface area (Å²) in [6, 6.07) is 3.15. The minimum Gasteiger partial charge on any atom is -0.480 e. The Morgan fingerprint density at radius 3 is 2.45 bits per heavy atom. The molecule has 0 saturated carbocycles. The van der Waals surface area contributed by atoms with Crippen molar-refractivity contribution in [1.82, 2.24) is 5.32 Å². The molecule has 0 aliphatic heterocycles. The molecule has 0 heterocycles. The third kappa shape index (κ3) is 4.54. The first-order valence-corrected chi connectivity index (χ1v) is 7.07. The van der Waals surface area contributed by atoms with Crippen molar-refractivity contribution in [3.63, 3.8) is 0 Å². The highest BCUT2D eigenvalue weighted by Crippen LogP contribution is 2.21. The van der Waals surface area contributed by atoms with Gasteiger partial charge in [-0.25, -0.2) is 4.79 Å². The van der Waals surface area contributed by atoms with E-state index in [0.717, 1.165) is 0 Å². The number of nitro benzene ring substituents is 1. The first-order chi connectivity index (χ1) is 10.3. The predicted molar refractivity (Wildman–Crippen MR) is 80.8 cm³/mol. The topological polar surface area (TPSA) is 110 Å². The maximum atomic E-state index is 12.1. The summed E-state index contributed by atoms with van der Waals surface area (Å²) < 4.78 is 0. The molecular weight excluding hydrogens is 288 g/mol. The summed E-state index contributed by atoms with van der Waals surface area (Å²) in [5, 5.41) is 22.5. The lowest BCUT2D eigenvalue weighted by Crippen LogP contribution is -2.41. The van der Waals surface area contributed by atoms with Gasteiger partial charge in [0.15, 0.2) is 0 Å². The van der Waals surface area contributed by atoms with Gasteiger partial charge in [-0.05, 0) is 24.8 Å². The van der Waals surface area contributed by atoms with E-state index in [9.17, 15) is 19.7 Å². The summed E-state index contributed by atoms with van der Waals surface area (Å²) in [7, 11) is 0. The summed E-state index contributed by atoms with van der Waals surface area (Å²) in [5.74, 6) is -1.65. The fraction of sp³-hybridized carbons (Fsp3) is 0.467. The standard InChI is InChI=1S/C15H20N2O5/c1-4-10-5-6-11(8-13(10)17(21)22)14(18)16-12(15(19)20)7-9(2)3/h5-6,8-9,12H,4,7H2,1-3H3,(H,16,18)(H,19,20). The SMILES string of the molecule is CCc1ccc(C(=O)NC(CC(C)C)C(=O)O)cc1[N+](=O)[O-]. The van der Waals surface area contributed by atoms with Gasteiger partial charge in [-0.15, -0.1) is 0 Å². The lowest BCUT2D eigenvalue weighted by molar-refractivity contribution is -0.385. The molecule has 0 saturated heterocycles. The van der Waals surface area contributed by atoms with Crippen LogP contribution in [0.15, 0.2) is 18.2 Å². The molecule has 0 bridgehead atoms. The number of nitrogens with zero attached hydrogens (tertiary/aromatic N) is 1. The van der Waals surface area contributed by atoms with Gasteiger partial charge in [0.2, 0.25) is 0 Å². The van der Waals surface area contributed by atoms with Crippen molar-refractivity contribution in [3.8, 4) is 0 Å². The first-order valence-electron chi connectivity index (χ1n) is 7.07. The number of carboxylic acids is 1. The highest BCUT2D eigenvalue weighted by molar-refractivity contribution is 5.97. The number of carbonyl (C=O) groups excluding carboxylic acids is 1. The molecule has 0 aromatic heterocycles. The quantitative estimate of drug-likeness (QED) is 0.593. The second-order valence-electron chi connectivity index (χ2n) is 5.45. The Morgan fingerprint density at radius 2 is 2.00 bits per heavy atom. The summed E-state index contributed by atoms with van der Waals surface area (Å²) >= 11 is 0. The van der Waals surface area contributed by atoms with E-state index in [1.165, 1.54) is 18.2 Å². The number of aliphatic carboxylic acids is 1. The molecule has 0 radical (unpaired) electrons. The smallest absolute Gasteiger partial charge is 0.326 e. The van der Waals surface area contributed by atoms with Crippen molar-refractivity contribution in [2.75, 3.05) is 0 Å². The van der Waals surface area contributed by atoms with Gasteiger partial charge in [0.25, 0.3) is 11.6 Å². The van der Waals surface area contributed by atoms with Crippen LogP contribution in [0, 0.1) is 16.0 Å². The Bertz CT molecular complexity index is 583. The van der Waals surface area contributed by atoms with Crippen LogP contribution in [-0.4, -0.2) is 27.9 Å². The first kappa shape index (κ1) is 17.6. The molecule has 1 unspecified atom stereocenters. The van der Waals surface area contributed by atoms with Gasteiger partial charge >= 0.3 is 5.97 Å². The zero-order valence-electron chi connectivity index (χ0n) is 12.8. The molecule has 1 atom stereocenters. The van der Waals surface area contributed by atoms with E-state index in [-0.39, 0.29) is 23.6 Å². The highest BCUT2D eigenvalue weighted by Gasteiger charge is 2.23. The van der Waals surface area contributed by atoms with Crippen LogP contribution in [0.3, 0.4) is 0 Å². The normalized spacial score (nSPS) is 12.0. The molecule has 0 aliphatic rings. The van der Waals surface area contributed by atoms with E-state index >= 15 is 0 Å². The Balaban J connectivity index is 3.00. The molecule has 0 fully saturated rings. The van der Waals surface area contributed by atoms with E-state index in [0.29, 0.717) is 12.0 Å². The highest BCUT2D eigenvalue weighted by atomic mass is 16.6. The maximum Gasteiger partial charge on any atom is 0.326 e. The fourth-order valence-corrected chi connectivity index (χ4v) is 2.11. The molecule has 0 aliphatic carbocycles. The Labute approximate surface area is 128 Å². The van der Waals surface area contributed by atoms with Crippen molar-refractivity contribution in [1.29, 1.82) is 0 Å².